The van der Waals surface area contributed by atoms with Crippen molar-refractivity contribution in [3.8, 4) is 0 Å². The maximum atomic E-state index is 12.9. The molecule has 2 aliphatic carbocycles. The molecule has 2 N–H and O–H groups in total. The van der Waals surface area contributed by atoms with E-state index in [9.17, 15) is 14.7 Å². The lowest BCUT2D eigenvalue weighted by molar-refractivity contribution is -0.143. The Bertz CT molecular complexity index is 1030. The number of likely N-dealkylation sites (N-methyl/N-ethyl adjacent to an activating group) is 1. The van der Waals surface area contributed by atoms with Gasteiger partial charge in [-0.2, -0.15) is 0 Å². The first-order valence-corrected chi connectivity index (χ1v) is 13.2. The van der Waals surface area contributed by atoms with Gasteiger partial charge in [-0.15, -0.1) is 29.3 Å². The van der Waals surface area contributed by atoms with Gasteiger partial charge in [0.25, 0.3) is 5.91 Å². The van der Waals surface area contributed by atoms with Crippen LogP contribution in [-0.2, 0) is 11.2 Å². The average molecular weight is 488 g/mol. The first kappa shape index (κ1) is 24.1. The van der Waals surface area contributed by atoms with Gasteiger partial charge in [0.15, 0.2) is 5.13 Å². The summed E-state index contributed by atoms with van der Waals surface area (Å²) in [6.07, 6.45) is 3.77. The number of rotatable bonds is 6. The van der Waals surface area contributed by atoms with Crippen molar-refractivity contribution in [2.24, 2.45) is 23.2 Å². The number of thiophene rings is 1. The van der Waals surface area contributed by atoms with Gasteiger partial charge in [-0.25, -0.2) is 4.98 Å². The normalized spacial score (nSPS) is 29.5. The topological polar surface area (TPSA) is 82.5 Å². The third kappa shape index (κ3) is 4.40. The van der Waals surface area contributed by atoms with Gasteiger partial charge in [0, 0.05) is 30.3 Å². The highest BCUT2D eigenvalue weighted by Gasteiger charge is 2.54. The smallest absolute Gasteiger partial charge is 0.267 e. The van der Waals surface area contributed by atoms with E-state index < -0.39 is 6.10 Å². The molecule has 2 aliphatic rings. The Hall–Kier alpha value is -2.03. The molecule has 0 unspecified atom stereocenters. The Kier molecular flexibility index (Phi) is 6.80. The summed E-state index contributed by atoms with van der Waals surface area (Å²) in [7, 11) is 1.79. The molecule has 33 heavy (non-hydrogen) atoms. The van der Waals surface area contributed by atoms with Crippen molar-refractivity contribution in [3.63, 3.8) is 0 Å². The number of fused-ring (bicyclic) bond motifs is 2. The van der Waals surface area contributed by atoms with Crippen LogP contribution >= 0.6 is 22.7 Å². The molecule has 0 spiro atoms. The summed E-state index contributed by atoms with van der Waals surface area (Å²) in [5, 5.41) is 17.0. The number of hydrogen-bond donors (Lipinski definition) is 2. The van der Waals surface area contributed by atoms with Gasteiger partial charge in [0.1, 0.15) is 0 Å². The van der Waals surface area contributed by atoms with Crippen molar-refractivity contribution in [2.75, 3.05) is 18.9 Å². The summed E-state index contributed by atoms with van der Waals surface area (Å²) >= 11 is 2.96. The highest BCUT2D eigenvalue weighted by molar-refractivity contribution is 7.16. The van der Waals surface area contributed by atoms with Crippen LogP contribution in [0.3, 0.4) is 0 Å². The van der Waals surface area contributed by atoms with Crippen LogP contribution in [0.5, 0.6) is 0 Å². The Morgan fingerprint density at radius 3 is 2.91 bits per heavy atom. The lowest BCUT2D eigenvalue weighted by Crippen LogP contribution is -2.53. The maximum Gasteiger partial charge on any atom is 0.267 e. The third-order valence-corrected chi connectivity index (χ3v) is 9.55. The second-order valence-electron chi connectivity index (χ2n) is 9.89. The maximum absolute atomic E-state index is 12.9. The minimum atomic E-state index is -0.575. The molecular weight excluding hydrogens is 454 g/mol. The van der Waals surface area contributed by atoms with Crippen molar-refractivity contribution >= 4 is 39.6 Å². The van der Waals surface area contributed by atoms with Gasteiger partial charge >= 0.3 is 0 Å². The number of carbonyl (C=O) groups excluding carboxylic acids is 2. The van der Waals surface area contributed by atoms with Crippen molar-refractivity contribution in [1.82, 2.24) is 9.88 Å². The van der Waals surface area contributed by atoms with E-state index in [-0.39, 0.29) is 40.9 Å². The largest absolute Gasteiger partial charge is 0.392 e. The molecule has 2 aromatic rings. The third-order valence-electron chi connectivity index (χ3n) is 7.70. The summed E-state index contributed by atoms with van der Waals surface area (Å²) in [5.41, 5.74) is 0.922. The molecule has 178 valence electrons. The number of hydrogen-bond acceptors (Lipinski definition) is 6. The fraction of sp³-hybridized carbons (Fsp3) is 0.560. The van der Waals surface area contributed by atoms with Crippen LogP contribution in [0.15, 0.2) is 30.2 Å². The lowest BCUT2D eigenvalue weighted by Gasteiger charge is -2.53. The van der Waals surface area contributed by atoms with Crippen LogP contribution < -0.4 is 5.32 Å². The van der Waals surface area contributed by atoms with E-state index >= 15 is 0 Å². The van der Waals surface area contributed by atoms with Crippen molar-refractivity contribution in [2.45, 2.75) is 52.1 Å². The molecule has 0 saturated heterocycles. The van der Waals surface area contributed by atoms with E-state index in [4.69, 9.17) is 4.98 Å². The first-order chi connectivity index (χ1) is 15.7. The molecule has 2 aromatic heterocycles. The van der Waals surface area contributed by atoms with E-state index in [1.807, 2.05) is 18.4 Å². The number of aromatic nitrogens is 1. The van der Waals surface area contributed by atoms with Gasteiger partial charge in [0.05, 0.1) is 16.7 Å². The average Bonchev–Trinajstić information content (AvgIpc) is 3.43. The number of anilines is 1. The standard InChI is InChI=1S/C25H33N3O3S2/c1-6-11-28(5)23(31)14(2)16-9-10-25(4)13-18-20(15(3)19(25)21(16)29)26-24(33-18)27-22(30)17-8-7-12-32-17/h6-8,12,14-16,19,21,29H,1,9-11,13H2,2-5H3,(H,26,27,30)/t14-,15-,16-,19+,21-,25-/m0/s1. The Balaban J connectivity index is 1.55. The SMILES string of the molecule is C=CCN(C)C(=O)[C@@H](C)[C@@H]1CC[C@@]2(C)Cc3sc(NC(=O)c4cccs4)nc3[C@@H](C)[C@@H]2[C@H]1O. The molecule has 1 fully saturated rings. The molecule has 0 bridgehead atoms. The molecule has 0 aliphatic heterocycles. The fourth-order valence-corrected chi connectivity index (χ4v) is 7.86. The Labute approximate surface area is 203 Å². The number of carbonyl (C=O) groups is 2. The van der Waals surface area contributed by atoms with Crippen LogP contribution in [0.1, 0.15) is 59.8 Å². The molecule has 4 rings (SSSR count). The lowest BCUT2D eigenvalue weighted by atomic mass is 9.53. The molecular formula is C25H33N3O3S2. The Morgan fingerprint density at radius 2 is 2.24 bits per heavy atom. The predicted molar refractivity (Wildman–Crippen MR) is 134 cm³/mol. The molecule has 6 atom stereocenters. The molecule has 0 aromatic carbocycles. The highest BCUT2D eigenvalue weighted by Crippen LogP contribution is 2.57. The summed E-state index contributed by atoms with van der Waals surface area (Å²) in [6.45, 7) is 10.6. The highest BCUT2D eigenvalue weighted by atomic mass is 32.1. The summed E-state index contributed by atoms with van der Waals surface area (Å²) < 4.78 is 0. The zero-order chi connectivity index (χ0) is 23.9. The predicted octanol–water partition coefficient (Wildman–Crippen LogP) is 4.79. The summed E-state index contributed by atoms with van der Waals surface area (Å²) in [5.74, 6) is -0.342. The fourth-order valence-electron chi connectivity index (χ4n) is 5.98. The number of thiazole rings is 1. The monoisotopic (exact) mass is 487 g/mol. The summed E-state index contributed by atoms with van der Waals surface area (Å²) in [6, 6.07) is 3.66. The van der Waals surface area contributed by atoms with E-state index in [0.29, 0.717) is 16.6 Å². The van der Waals surface area contributed by atoms with Gasteiger partial charge in [-0.05, 0) is 48.0 Å². The van der Waals surface area contributed by atoms with Crippen molar-refractivity contribution in [3.05, 3.63) is 45.6 Å². The first-order valence-electron chi connectivity index (χ1n) is 11.5. The quantitative estimate of drug-likeness (QED) is 0.574. The van der Waals surface area contributed by atoms with Crippen LogP contribution in [0.4, 0.5) is 5.13 Å². The minimum absolute atomic E-state index is 0.0201. The zero-order valence-corrected chi connectivity index (χ0v) is 21.3. The van der Waals surface area contributed by atoms with E-state index in [1.54, 1.807) is 35.4 Å². The van der Waals surface area contributed by atoms with E-state index in [0.717, 1.165) is 25.0 Å². The molecule has 2 heterocycles. The molecule has 8 heteroatoms. The number of nitrogens with zero attached hydrogens (tertiary/aromatic N) is 2. The van der Waals surface area contributed by atoms with Crippen molar-refractivity contribution in [1.29, 1.82) is 0 Å². The zero-order valence-electron chi connectivity index (χ0n) is 19.7. The van der Waals surface area contributed by atoms with E-state index in [2.05, 4.69) is 25.7 Å². The van der Waals surface area contributed by atoms with E-state index in [1.165, 1.54) is 16.2 Å². The second kappa shape index (κ2) is 9.31. The number of amides is 2. The Morgan fingerprint density at radius 1 is 1.48 bits per heavy atom. The van der Waals surface area contributed by atoms with Crippen LogP contribution in [0.2, 0.25) is 0 Å². The van der Waals surface area contributed by atoms with Gasteiger partial charge < -0.3 is 10.0 Å². The minimum Gasteiger partial charge on any atom is -0.392 e. The molecule has 0 radical (unpaired) electrons. The summed E-state index contributed by atoms with van der Waals surface area (Å²) in [4.78, 5) is 33.8. The molecule has 6 nitrogen and oxygen atoms in total. The molecule has 2 amide bonds. The number of aliphatic hydroxyl groups is 1. The van der Waals surface area contributed by atoms with Crippen LogP contribution in [0, 0.1) is 23.2 Å². The van der Waals surface area contributed by atoms with Gasteiger partial charge in [-0.3, -0.25) is 14.9 Å². The number of aliphatic hydroxyl groups excluding tert-OH is 1. The second-order valence-corrected chi connectivity index (χ2v) is 11.9. The molecule has 1 saturated carbocycles. The van der Waals surface area contributed by atoms with Crippen molar-refractivity contribution < 1.29 is 14.7 Å². The van der Waals surface area contributed by atoms with Gasteiger partial charge in [0.2, 0.25) is 5.91 Å². The van der Waals surface area contributed by atoms with Gasteiger partial charge in [-0.1, -0.05) is 32.9 Å². The van der Waals surface area contributed by atoms with Crippen LogP contribution in [-0.4, -0.2) is 46.5 Å². The number of nitrogens with one attached hydrogen (secondary N) is 1. The van der Waals surface area contributed by atoms with Crippen LogP contribution in [0.25, 0.3) is 0 Å².